The van der Waals surface area contributed by atoms with Gasteiger partial charge in [0.2, 0.25) is 0 Å². The van der Waals surface area contributed by atoms with Crippen LogP contribution in [0.5, 0.6) is 0 Å². The molecule has 0 bridgehead atoms. The number of carboxylic acid groups (broad SMARTS) is 1. The van der Waals surface area contributed by atoms with Crippen LogP contribution in [0.15, 0.2) is 47.4 Å². The maximum absolute atomic E-state index is 12.5. The number of benzene rings is 2. The van der Waals surface area contributed by atoms with Crippen molar-refractivity contribution in [1.29, 1.82) is 0 Å². The van der Waals surface area contributed by atoms with E-state index in [0.717, 1.165) is 11.8 Å². The maximum atomic E-state index is 12.5. The van der Waals surface area contributed by atoms with E-state index in [9.17, 15) is 14.4 Å². The first-order valence-corrected chi connectivity index (χ1v) is 7.23. The summed E-state index contributed by atoms with van der Waals surface area (Å²) in [6.45, 7) is 0. The Kier molecular flexibility index (Phi) is 3.35. The highest BCUT2D eigenvalue weighted by atomic mass is 32.2. The molecule has 3 rings (SSSR count). The van der Waals surface area contributed by atoms with Crippen LogP contribution in [0.1, 0.15) is 31.8 Å². The van der Waals surface area contributed by atoms with E-state index in [1.165, 1.54) is 0 Å². The molecule has 21 heavy (non-hydrogen) atoms. The molecule has 1 aliphatic rings. The molecule has 0 saturated heterocycles. The van der Waals surface area contributed by atoms with Gasteiger partial charge in [-0.2, -0.15) is 0 Å². The number of aliphatic carboxylic acids is 1. The van der Waals surface area contributed by atoms with Gasteiger partial charge in [-0.25, -0.2) is 0 Å². The molecule has 1 aliphatic carbocycles. The molecule has 104 valence electrons. The van der Waals surface area contributed by atoms with E-state index in [0.29, 0.717) is 27.1 Å². The molecule has 5 heteroatoms. The zero-order chi connectivity index (χ0) is 15.0. The van der Waals surface area contributed by atoms with Crippen LogP contribution in [0, 0.1) is 0 Å². The van der Waals surface area contributed by atoms with Gasteiger partial charge in [-0.05, 0) is 18.2 Å². The topological polar surface area (TPSA) is 71.4 Å². The Morgan fingerprint density at radius 2 is 1.48 bits per heavy atom. The van der Waals surface area contributed by atoms with Crippen molar-refractivity contribution in [2.24, 2.45) is 0 Å². The smallest absolute Gasteiger partial charge is 0.313 e. The molecule has 2 aromatic rings. The normalized spacial score (nSPS) is 12.8. The lowest BCUT2D eigenvalue weighted by Gasteiger charge is -2.17. The molecule has 4 nitrogen and oxygen atoms in total. The minimum Gasteiger partial charge on any atom is -0.481 e. The number of ketones is 2. The van der Waals surface area contributed by atoms with Crippen LogP contribution in [0.25, 0.3) is 0 Å². The number of thioether (sulfide) groups is 1. The van der Waals surface area contributed by atoms with Crippen molar-refractivity contribution in [2.45, 2.75) is 4.90 Å². The third-order valence-electron chi connectivity index (χ3n) is 3.26. The number of carboxylic acids is 1. The minimum absolute atomic E-state index is 0.0858. The first-order valence-electron chi connectivity index (χ1n) is 6.25. The van der Waals surface area contributed by atoms with Gasteiger partial charge < -0.3 is 5.11 Å². The molecule has 0 fully saturated rings. The summed E-state index contributed by atoms with van der Waals surface area (Å²) in [5, 5.41) is 8.70. The summed E-state index contributed by atoms with van der Waals surface area (Å²) in [5.74, 6) is -1.38. The lowest BCUT2D eigenvalue weighted by molar-refractivity contribution is -0.133. The molecule has 0 radical (unpaired) electrons. The molecule has 0 amide bonds. The Morgan fingerprint density at radius 1 is 0.905 bits per heavy atom. The van der Waals surface area contributed by atoms with Crippen molar-refractivity contribution in [3.63, 3.8) is 0 Å². The van der Waals surface area contributed by atoms with E-state index in [2.05, 4.69) is 0 Å². The number of carbonyl (C=O) groups is 3. The zero-order valence-corrected chi connectivity index (χ0v) is 11.6. The highest BCUT2D eigenvalue weighted by molar-refractivity contribution is 8.00. The predicted molar refractivity (Wildman–Crippen MR) is 78.1 cm³/mol. The van der Waals surface area contributed by atoms with Crippen LogP contribution in [-0.2, 0) is 4.79 Å². The summed E-state index contributed by atoms with van der Waals surface area (Å²) in [4.78, 5) is 36.1. The summed E-state index contributed by atoms with van der Waals surface area (Å²) in [5.41, 5.74) is 1.53. The van der Waals surface area contributed by atoms with Crippen LogP contribution in [-0.4, -0.2) is 28.4 Å². The van der Waals surface area contributed by atoms with Crippen LogP contribution in [0.4, 0.5) is 0 Å². The van der Waals surface area contributed by atoms with Crippen LogP contribution < -0.4 is 0 Å². The number of fused-ring (bicyclic) bond motifs is 2. The second-order valence-electron chi connectivity index (χ2n) is 4.59. The second-order valence-corrected chi connectivity index (χ2v) is 5.64. The fourth-order valence-corrected chi connectivity index (χ4v) is 2.97. The molecule has 0 unspecified atom stereocenters. The Morgan fingerprint density at radius 3 is 2.10 bits per heavy atom. The average molecular weight is 298 g/mol. The standard InChI is InChI=1S/C16H10O4S/c17-14(18)8-21-9-5-6-12-13(7-9)16(20)11-4-2-1-3-10(11)15(12)19/h1-7H,8H2,(H,17,18). The molecular weight excluding hydrogens is 288 g/mol. The molecule has 0 spiro atoms. The van der Waals surface area contributed by atoms with Gasteiger partial charge in [0, 0.05) is 27.1 Å². The summed E-state index contributed by atoms with van der Waals surface area (Å²) >= 11 is 1.12. The molecule has 1 N–H and O–H groups in total. The van der Waals surface area contributed by atoms with E-state index in [1.54, 1.807) is 42.5 Å². The summed E-state index contributed by atoms with van der Waals surface area (Å²) in [7, 11) is 0. The SMILES string of the molecule is O=C(O)CSc1ccc2c(c1)C(=O)c1ccccc1C2=O. The first kappa shape index (κ1) is 13.6. The third-order valence-corrected chi connectivity index (χ3v) is 4.24. The quantitative estimate of drug-likeness (QED) is 0.753. The molecular formula is C16H10O4S. The van der Waals surface area contributed by atoms with Crippen molar-refractivity contribution in [1.82, 2.24) is 0 Å². The summed E-state index contributed by atoms with van der Waals surface area (Å²) in [6.07, 6.45) is 0. The molecule has 0 heterocycles. The second kappa shape index (κ2) is 5.18. The van der Waals surface area contributed by atoms with Crippen molar-refractivity contribution in [2.75, 3.05) is 5.75 Å². The Labute approximate surface area is 124 Å². The van der Waals surface area contributed by atoms with E-state index in [1.807, 2.05) is 0 Å². The average Bonchev–Trinajstić information content (AvgIpc) is 2.50. The van der Waals surface area contributed by atoms with E-state index >= 15 is 0 Å². The summed E-state index contributed by atoms with van der Waals surface area (Å²) in [6, 6.07) is 11.6. The number of rotatable bonds is 3. The lowest BCUT2D eigenvalue weighted by Crippen LogP contribution is -2.20. The van der Waals surface area contributed by atoms with E-state index in [4.69, 9.17) is 5.11 Å². The van der Waals surface area contributed by atoms with Gasteiger partial charge in [0.25, 0.3) is 0 Å². The van der Waals surface area contributed by atoms with Gasteiger partial charge in [-0.1, -0.05) is 24.3 Å². The molecule has 0 aliphatic heterocycles. The van der Waals surface area contributed by atoms with Gasteiger partial charge in [-0.3, -0.25) is 14.4 Å². The van der Waals surface area contributed by atoms with Crippen molar-refractivity contribution >= 4 is 29.3 Å². The first-order chi connectivity index (χ1) is 10.1. The van der Waals surface area contributed by atoms with Crippen LogP contribution >= 0.6 is 11.8 Å². The lowest BCUT2D eigenvalue weighted by atomic mass is 9.84. The molecule has 0 saturated carbocycles. The predicted octanol–water partition coefficient (Wildman–Crippen LogP) is 2.64. The molecule has 2 aromatic carbocycles. The zero-order valence-electron chi connectivity index (χ0n) is 10.8. The van der Waals surface area contributed by atoms with Crippen molar-refractivity contribution < 1.29 is 19.5 Å². The highest BCUT2D eigenvalue weighted by Gasteiger charge is 2.29. The fourth-order valence-electron chi connectivity index (χ4n) is 2.31. The monoisotopic (exact) mass is 298 g/mol. The molecule has 0 aromatic heterocycles. The van der Waals surface area contributed by atoms with Gasteiger partial charge >= 0.3 is 5.97 Å². The Hall–Kier alpha value is -2.40. The van der Waals surface area contributed by atoms with Crippen molar-refractivity contribution in [3.8, 4) is 0 Å². The number of hydrogen-bond donors (Lipinski definition) is 1. The molecule has 0 atom stereocenters. The Bertz CT molecular complexity index is 780. The maximum Gasteiger partial charge on any atom is 0.313 e. The Balaban J connectivity index is 2.04. The van der Waals surface area contributed by atoms with Gasteiger partial charge in [0.15, 0.2) is 11.6 Å². The van der Waals surface area contributed by atoms with Crippen LogP contribution in [0.2, 0.25) is 0 Å². The number of carbonyl (C=O) groups excluding carboxylic acids is 2. The van der Waals surface area contributed by atoms with Gasteiger partial charge in [-0.15, -0.1) is 11.8 Å². The van der Waals surface area contributed by atoms with Crippen molar-refractivity contribution in [3.05, 3.63) is 64.7 Å². The van der Waals surface area contributed by atoms with E-state index in [-0.39, 0.29) is 17.3 Å². The van der Waals surface area contributed by atoms with E-state index < -0.39 is 5.97 Å². The largest absolute Gasteiger partial charge is 0.481 e. The van der Waals surface area contributed by atoms with Gasteiger partial charge in [0.1, 0.15) is 0 Å². The van der Waals surface area contributed by atoms with Crippen LogP contribution in [0.3, 0.4) is 0 Å². The fraction of sp³-hybridized carbons (Fsp3) is 0.0625. The minimum atomic E-state index is -0.925. The summed E-state index contributed by atoms with van der Waals surface area (Å²) < 4.78 is 0. The number of hydrogen-bond acceptors (Lipinski definition) is 4. The third kappa shape index (κ3) is 2.36. The van der Waals surface area contributed by atoms with Gasteiger partial charge in [0.05, 0.1) is 5.75 Å². The highest BCUT2D eigenvalue weighted by Crippen LogP contribution is 2.30.